The summed E-state index contributed by atoms with van der Waals surface area (Å²) in [6, 6.07) is 7.94. The lowest BCUT2D eigenvalue weighted by atomic mass is 10.1. The van der Waals surface area contributed by atoms with Crippen molar-refractivity contribution in [3.05, 3.63) is 47.7 Å². The van der Waals surface area contributed by atoms with Crippen LogP contribution in [0.3, 0.4) is 0 Å². The van der Waals surface area contributed by atoms with Crippen LogP contribution in [0, 0.1) is 0 Å². The van der Waals surface area contributed by atoms with E-state index in [4.69, 9.17) is 9.47 Å². The van der Waals surface area contributed by atoms with Crippen molar-refractivity contribution in [2.24, 2.45) is 0 Å². The summed E-state index contributed by atoms with van der Waals surface area (Å²) in [7, 11) is 0. The molecule has 1 saturated heterocycles. The highest BCUT2D eigenvalue weighted by atomic mass is 16.7. The fourth-order valence-corrected chi connectivity index (χ4v) is 1.50. The Labute approximate surface area is 83.5 Å². The molecule has 14 heavy (non-hydrogen) atoms. The molecular formula is C12H12O2. The second-order valence-electron chi connectivity index (χ2n) is 3.05. The molecule has 2 rings (SSSR count). The van der Waals surface area contributed by atoms with Gasteiger partial charge in [0.1, 0.15) is 0 Å². The van der Waals surface area contributed by atoms with Crippen LogP contribution >= 0.6 is 0 Å². The summed E-state index contributed by atoms with van der Waals surface area (Å²) in [6.07, 6.45) is 1.61. The summed E-state index contributed by atoms with van der Waals surface area (Å²) in [5, 5.41) is 0. The Hall–Kier alpha value is -1.34. The third-order valence-electron chi connectivity index (χ3n) is 2.13. The van der Waals surface area contributed by atoms with E-state index < -0.39 is 0 Å². The average molecular weight is 188 g/mol. The van der Waals surface area contributed by atoms with Crippen LogP contribution in [0.5, 0.6) is 0 Å². The molecule has 1 aliphatic rings. The van der Waals surface area contributed by atoms with Crippen molar-refractivity contribution in [2.45, 2.75) is 6.29 Å². The van der Waals surface area contributed by atoms with Crippen LogP contribution in [0.15, 0.2) is 36.6 Å². The zero-order chi connectivity index (χ0) is 9.80. The summed E-state index contributed by atoms with van der Waals surface area (Å²) in [6.45, 7) is 4.89. The lowest BCUT2D eigenvalue weighted by molar-refractivity contribution is -0.0442. The summed E-state index contributed by atoms with van der Waals surface area (Å²) in [5.74, 6) is 0. The quantitative estimate of drug-likeness (QED) is 0.664. The van der Waals surface area contributed by atoms with Gasteiger partial charge in [0.05, 0.1) is 13.2 Å². The molecule has 1 aromatic carbocycles. The molecule has 2 heteroatoms. The van der Waals surface area contributed by atoms with Crippen molar-refractivity contribution in [3.8, 4) is 0 Å². The van der Waals surface area contributed by atoms with Crippen LogP contribution in [0.25, 0.3) is 6.08 Å². The number of benzene rings is 1. The summed E-state index contributed by atoms with van der Waals surface area (Å²) >= 11 is 0. The predicted octanol–water partition coefficient (Wildman–Crippen LogP) is 2.53. The van der Waals surface area contributed by atoms with Crippen LogP contribution in [0.4, 0.5) is 0 Å². The third-order valence-corrected chi connectivity index (χ3v) is 2.13. The van der Waals surface area contributed by atoms with E-state index in [2.05, 4.69) is 12.3 Å². The first kappa shape index (κ1) is 9.22. The van der Waals surface area contributed by atoms with E-state index >= 15 is 0 Å². The number of hydrogen-bond donors (Lipinski definition) is 0. The molecule has 0 spiro atoms. The predicted molar refractivity (Wildman–Crippen MR) is 54.7 cm³/mol. The zero-order valence-corrected chi connectivity index (χ0v) is 7.90. The van der Waals surface area contributed by atoms with Gasteiger partial charge < -0.3 is 9.47 Å². The van der Waals surface area contributed by atoms with Gasteiger partial charge in [-0.1, -0.05) is 30.8 Å². The van der Waals surface area contributed by atoms with Crippen molar-refractivity contribution in [3.63, 3.8) is 0 Å². The Morgan fingerprint density at radius 1 is 1.29 bits per heavy atom. The fraction of sp³-hybridized carbons (Fsp3) is 0.250. The normalized spacial score (nSPS) is 16.6. The molecule has 0 unspecified atom stereocenters. The van der Waals surface area contributed by atoms with E-state index in [1.807, 2.05) is 30.3 Å². The lowest BCUT2D eigenvalue weighted by Gasteiger charge is -2.11. The van der Waals surface area contributed by atoms with Gasteiger partial charge in [-0.2, -0.15) is 0 Å². The Balaban J connectivity index is 2.34. The molecule has 0 atom stereocenters. The van der Waals surface area contributed by atoms with Crippen molar-refractivity contribution in [2.75, 3.05) is 13.2 Å². The SMILES string of the molecule is C=C=Cc1ccccc1C1OCCO1. The lowest BCUT2D eigenvalue weighted by Crippen LogP contribution is -1.99. The molecule has 0 bridgehead atoms. The highest BCUT2D eigenvalue weighted by Crippen LogP contribution is 2.26. The standard InChI is InChI=1S/C12H12O2/c1-2-5-10-6-3-4-7-11(10)12-13-8-9-14-12/h3-7,12H,1,8-9H2. The summed E-state index contributed by atoms with van der Waals surface area (Å²) in [5.41, 5.74) is 4.85. The molecule has 1 aromatic rings. The van der Waals surface area contributed by atoms with Crippen LogP contribution in [-0.4, -0.2) is 13.2 Å². The topological polar surface area (TPSA) is 18.5 Å². The van der Waals surface area contributed by atoms with Gasteiger partial charge >= 0.3 is 0 Å². The molecule has 1 fully saturated rings. The largest absolute Gasteiger partial charge is 0.346 e. The summed E-state index contributed by atoms with van der Waals surface area (Å²) < 4.78 is 10.9. The minimum Gasteiger partial charge on any atom is -0.346 e. The number of rotatable bonds is 2. The van der Waals surface area contributed by atoms with E-state index in [0.717, 1.165) is 11.1 Å². The van der Waals surface area contributed by atoms with E-state index in [1.54, 1.807) is 0 Å². The van der Waals surface area contributed by atoms with Crippen LogP contribution in [0.2, 0.25) is 0 Å². The van der Waals surface area contributed by atoms with Gasteiger partial charge in [0, 0.05) is 5.56 Å². The Kier molecular flexibility index (Phi) is 2.80. The zero-order valence-electron chi connectivity index (χ0n) is 7.90. The first-order valence-corrected chi connectivity index (χ1v) is 4.60. The number of ether oxygens (including phenoxy) is 2. The Bertz CT molecular complexity index is 358. The second kappa shape index (κ2) is 4.25. The molecule has 0 N–H and O–H groups in total. The molecular weight excluding hydrogens is 176 g/mol. The van der Waals surface area contributed by atoms with Gasteiger partial charge in [0.15, 0.2) is 6.29 Å². The average Bonchev–Trinajstić information content (AvgIpc) is 2.72. The fourth-order valence-electron chi connectivity index (χ4n) is 1.50. The molecule has 72 valence electrons. The maximum atomic E-state index is 5.44. The van der Waals surface area contributed by atoms with E-state index in [-0.39, 0.29) is 6.29 Å². The molecule has 2 nitrogen and oxygen atoms in total. The van der Waals surface area contributed by atoms with E-state index in [0.29, 0.717) is 13.2 Å². The van der Waals surface area contributed by atoms with Gasteiger partial charge in [0.25, 0.3) is 0 Å². The van der Waals surface area contributed by atoms with Gasteiger partial charge in [-0.15, -0.1) is 5.73 Å². The minimum absolute atomic E-state index is 0.226. The Morgan fingerprint density at radius 2 is 2.00 bits per heavy atom. The first-order valence-electron chi connectivity index (χ1n) is 4.60. The summed E-state index contributed by atoms with van der Waals surface area (Å²) in [4.78, 5) is 0. The molecule has 0 amide bonds. The monoisotopic (exact) mass is 188 g/mol. The maximum absolute atomic E-state index is 5.44. The van der Waals surface area contributed by atoms with Crippen LogP contribution < -0.4 is 0 Å². The van der Waals surface area contributed by atoms with Crippen molar-refractivity contribution < 1.29 is 9.47 Å². The molecule has 0 radical (unpaired) electrons. The van der Waals surface area contributed by atoms with Crippen molar-refractivity contribution in [1.29, 1.82) is 0 Å². The van der Waals surface area contributed by atoms with Gasteiger partial charge in [-0.05, 0) is 11.6 Å². The van der Waals surface area contributed by atoms with E-state index in [9.17, 15) is 0 Å². The molecule has 1 aliphatic heterocycles. The minimum atomic E-state index is -0.226. The van der Waals surface area contributed by atoms with Crippen LogP contribution in [0.1, 0.15) is 17.4 Å². The molecule has 0 aliphatic carbocycles. The van der Waals surface area contributed by atoms with E-state index in [1.165, 1.54) is 0 Å². The second-order valence-corrected chi connectivity index (χ2v) is 3.05. The van der Waals surface area contributed by atoms with Crippen molar-refractivity contribution >= 4 is 6.08 Å². The van der Waals surface area contributed by atoms with Gasteiger partial charge in [-0.3, -0.25) is 0 Å². The maximum Gasteiger partial charge on any atom is 0.184 e. The molecule has 1 heterocycles. The highest BCUT2D eigenvalue weighted by Gasteiger charge is 2.19. The third kappa shape index (κ3) is 1.78. The van der Waals surface area contributed by atoms with Crippen molar-refractivity contribution in [1.82, 2.24) is 0 Å². The van der Waals surface area contributed by atoms with Gasteiger partial charge in [0.2, 0.25) is 0 Å². The van der Waals surface area contributed by atoms with Crippen LogP contribution in [-0.2, 0) is 9.47 Å². The smallest absolute Gasteiger partial charge is 0.184 e. The highest BCUT2D eigenvalue weighted by molar-refractivity contribution is 5.53. The van der Waals surface area contributed by atoms with Gasteiger partial charge in [-0.25, -0.2) is 0 Å². The first-order chi connectivity index (χ1) is 6.92. The Morgan fingerprint density at radius 3 is 2.71 bits per heavy atom. The number of hydrogen-bond acceptors (Lipinski definition) is 2. The molecule has 0 saturated carbocycles. The molecule has 0 aromatic heterocycles.